The minimum Gasteiger partial charge on any atom is -0.480 e. The van der Waals surface area contributed by atoms with Crippen LogP contribution < -0.4 is 10.6 Å². The largest absolute Gasteiger partial charge is 0.480 e. The molecule has 0 spiro atoms. The molecule has 0 unspecified atom stereocenters. The van der Waals surface area contributed by atoms with E-state index in [9.17, 15) is 19.5 Å². The fourth-order valence-corrected chi connectivity index (χ4v) is 3.00. The summed E-state index contributed by atoms with van der Waals surface area (Å²) in [5.41, 5.74) is 1.24. The van der Waals surface area contributed by atoms with Gasteiger partial charge in [0.15, 0.2) is 0 Å². The van der Waals surface area contributed by atoms with Gasteiger partial charge in [-0.25, -0.2) is 4.79 Å². The molecule has 6 nitrogen and oxygen atoms in total. The Kier molecular flexibility index (Phi) is 7.35. The van der Waals surface area contributed by atoms with E-state index < -0.39 is 17.9 Å². The topological polar surface area (TPSA) is 95.5 Å². The van der Waals surface area contributed by atoms with Crippen molar-refractivity contribution in [1.29, 1.82) is 0 Å². The smallest absolute Gasteiger partial charge is 0.326 e. The van der Waals surface area contributed by atoms with E-state index in [4.69, 9.17) is 0 Å². The van der Waals surface area contributed by atoms with Crippen molar-refractivity contribution in [2.75, 3.05) is 0 Å². The Morgan fingerprint density at radius 1 is 1.12 bits per heavy atom. The van der Waals surface area contributed by atoms with E-state index in [0.717, 1.165) is 18.4 Å². The summed E-state index contributed by atoms with van der Waals surface area (Å²) >= 11 is 1.37. The lowest BCUT2D eigenvalue weighted by Gasteiger charge is -2.14. The molecule has 1 aromatic heterocycles. The zero-order valence-corrected chi connectivity index (χ0v) is 15.3. The van der Waals surface area contributed by atoms with Crippen LogP contribution in [0.5, 0.6) is 0 Å². The maximum atomic E-state index is 12.2. The number of rotatable bonds is 9. The second-order valence-corrected chi connectivity index (χ2v) is 6.81. The second kappa shape index (κ2) is 9.72. The van der Waals surface area contributed by atoms with Crippen LogP contribution in [0.15, 0.2) is 41.8 Å². The van der Waals surface area contributed by atoms with Crippen molar-refractivity contribution in [1.82, 2.24) is 10.6 Å². The Morgan fingerprint density at radius 3 is 2.42 bits per heavy atom. The molecule has 2 rings (SSSR count). The van der Waals surface area contributed by atoms with Crippen LogP contribution in [-0.4, -0.2) is 28.9 Å². The molecule has 0 radical (unpaired) electrons. The molecule has 0 saturated heterocycles. The van der Waals surface area contributed by atoms with Gasteiger partial charge in [0.05, 0.1) is 4.88 Å². The molecule has 0 fully saturated rings. The number of hydrogen-bond acceptors (Lipinski definition) is 4. The number of thiophene rings is 1. The highest BCUT2D eigenvalue weighted by molar-refractivity contribution is 7.12. The van der Waals surface area contributed by atoms with E-state index in [1.807, 2.05) is 18.4 Å². The Bertz CT molecular complexity index is 741. The van der Waals surface area contributed by atoms with Crippen LogP contribution in [0.2, 0.25) is 0 Å². The van der Waals surface area contributed by atoms with Gasteiger partial charge in [0.25, 0.3) is 11.8 Å². The van der Waals surface area contributed by atoms with E-state index >= 15 is 0 Å². The summed E-state index contributed by atoms with van der Waals surface area (Å²) in [5.74, 6) is -1.58. The summed E-state index contributed by atoms with van der Waals surface area (Å²) in [6.45, 7) is 2.32. The average molecular weight is 374 g/mol. The standard InChI is InChI=1S/C19H22N2O4S/c1-2-3-5-15(19(24)25)21-17(22)14-9-7-13(8-10-14)12-20-18(23)16-6-4-11-26-16/h4,6-11,15H,2-3,5,12H2,1H3,(H,20,23)(H,21,22)(H,24,25)/t15-/m0/s1. The van der Waals surface area contributed by atoms with Gasteiger partial charge < -0.3 is 15.7 Å². The fourth-order valence-electron chi connectivity index (χ4n) is 2.36. The molecule has 2 aromatic rings. The fraction of sp³-hybridized carbons (Fsp3) is 0.316. The van der Waals surface area contributed by atoms with Gasteiger partial charge in [-0.15, -0.1) is 11.3 Å². The highest BCUT2D eigenvalue weighted by Gasteiger charge is 2.19. The van der Waals surface area contributed by atoms with Crippen molar-refractivity contribution in [2.45, 2.75) is 38.8 Å². The highest BCUT2D eigenvalue weighted by Crippen LogP contribution is 2.10. The van der Waals surface area contributed by atoms with Crippen LogP contribution in [0.25, 0.3) is 0 Å². The third kappa shape index (κ3) is 5.70. The maximum absolute atomic E-state index is 12.2. The number of hydrogen-bond donors (Lipinski definition) is 3. The van der Waals surface area contributed by atoms with Crippen molar-refractivity contribution >= 4 is 29.1 Å². The summed E-state index contributed by atoms with van der Waals surface area (Å²) in [5, 5.41) is 16.4. The van der Waals surface area contributed by atoms with Crippen molar-refractivity contribution in [2.24, 2.45) is 0 Å². The third-order valence-electron chi connectivity index (χ3n) is 3.86. The van der Waals surface area contributed by atoms with Gasteiger partial charge in [0.1, 0.15) is 6.04 Å². The van der Waals surface area contributed by atoms with Gasteiger partial charge >= 0.3 is 5.97 Å². The minimum absolute atomic E-state index is 0.137. The number of aliphatic carboxylic acids is 1. The second-order valence-electron chi connectivity index (χ2n) is 5.86. The molecule has 1 atom stereocenters. The number of unbranched alkanes of at least 4 members (excludes halogenated alkanes) is 1. The molecule has 7 heteroatoms. The van der Waals surface area contributed by atoms with Gasteiger partial charge in [-0.1, -0.05) is 38.0 Å². The Hall–Kier alpha value is -2.67. The molecule has 1 heterocycles. The quantitative estimate of drug-likeness (QED) is 0.629. The Labute approximate surface area is 156 Å². The van der Waals surface area contributed by atoms with Crippen LogP contribution >= 0.6 is 11.3 Å². The van der Waals surface area contributed by atoms with Crippen molar-refractivity contribution in [3.05, 3.63) is 57.8 Å². The molecule has 26 heavy (non-hydrogen) atoms. The van der Waals surface area contributed by atoms with Crippen molar-refractivity contribution in [3.8, 4) is 0 Å². The molecule has 0 saturated carbocycles. The van der Waals surface area contributed by atoms with Gasteiger partial charge in [-0.2, -0.15) is 0 Å². The predicted molar refractivity (Wildman–Crippen MR) is 100 cm³/mol. The van der Waals surface area contributed by atoms with Gasteiger partial charge in [-0.3, -0.25) is 9.59 Å². The Balaban J connectivity index is 1.90. The van der Waals surface area contributed by atoms with E-state index in [1.54, 1.807) is 30.3 Å². The number of carboxylic acids is 1. The number of carboxylic acid groups (broad SMARTS) is 1. The minimum atomic E-state index is -1.03. The van der Waals surface area contributed by atoms with E-state index in [1.165, 1.54) is 11.3 Å². The first-order valence-corrected chi connectivity index (χ1v) is 9.33. The predicted octanol–water partition coefficient (Wildman–Crippen LogP) is 3.05. The summed E-state index contributed by atoms with van der Waals surface area (Å²) in [7, 11) is 0. The van der Waals surface area contributed by atoms with Crippen LogP contribution in [0, 0.1) is 0 Å². The number of nitrogens with one attached hydrogen (secondary N) is 2. The van der Waals surface area contributed by atoms with Crippen LogP contribution in [0.4, 0.5) is 0 Å². The summed E-state index contributed by atoms with van der Waals surface area (Å²) in [6, 6.07) is 9.42. The monoisotopic (exact) mass is 374 g/mol. The zero-order chi connectivity index (χ0) is 18.9. The van der Waals surface area contributed by atoms with Crippen molar-refractivity contribution < 1.29 is 19.5 Å². The first kappa shape index (κ1) is 19.7. The van der Waals surface area contributed by atoms with E-state index in [-0.39, 0.29) is 5.91 Å². The molecule has 0 bridgehead atoms. The molecule has 0 aliphatic heterocycles. The molecule has 3 N–H and O–H groups in total. The van der Waals surface area contributed by atoms with Crippen LogP contribution in [0.1, 0.15) is 51.8 Å². The lowest BCUT2D eigenvalue weighted by molar-refractivity contribution is -0.139. The number of carbonyl (C=O) groups is 3. The van der Waals surface area contributed by atoms with E-state index in [0.29, 0.717) is 23.4 Å². The van der Waals surface area contributed by atoms with Gasteiger partial charge in [0, 0.05) is 12.1 Å². The lowest BCUT2D eigenvalue weighted by Crippen LogP contribution is -2.40. The first-order chi connectivity index (χ1) is 12.5. The summed E-state index contributed by atoms with van der Waals surface area (Å²) < 4.78 is 0. The molecule has 1 aromatic carbocycles. The molecular weight excluding hydrogens is 352 g/mol. The molecule has 138 valence electrons. The maximum Gasteiger partial charge on any atom is 0.326 e. The number of benzene rings is 1. The molecule has 2 amide bonds. The summed E-state index contributed by atoms with van der Waals surface area (Å²) in [4.78, 5) is 36.0. The lowest BCUT2D eigenvalue weighted by atomic mass is 10.1. The third-order valence-corrected chi connectivity index (χ3v) is 4.73. The first-order valence-electron chi connectivity index (χ1n) is 8.45. The van der Waals surface area contributed by atoms with Gasteiger partial charge in [0.2, 0.25) is 0 Å². The van der Waals surface area contributed by atoms with Crippen LogP contribution in [0.3, 0.4) is 0 Å². The molecular formula is C19H22N2O4S. The highest BCUT2D eigenvalue weighted by atomic mass is 32.1. The normalized spacial score (nSPS) is 11.6. The summed E-state index contributed by atoms with van der Waals surface area (Å²) in [6.07, 6.45) is 2.01. The van der Waals surface area contributed by atoms with E-state index in [2.05, 4.69) is 10.6 Å². The Morgan fingerprint density at radius 2 is 1.85 bits per heavy atom. The average Bonchev–Trinajstić information content (AvgIpc) is 3.18. The molecule has 0 aliphatic rings. The van der Waals surface area contributed by atoms with Crippen LogP contribution in [-0.2, 0) is 11.3 Å². The zero-order valence-electron chi connectivity index (χ0n) is 14.5. The number of carbonyl (C=O) groups excluding carboxylic acids is 2. The molecule has 0 aliphatic carbocycles. The van der Waals surface area contributed by atoms with Crippen molar-refractivity contribution in [3.63, 3.8) is 0 Å². The van der Waals surface area contributed by atoms with Gasteiger partial charge in [-0.05, 0) is 35.6 Å². The SMILES string of the molecule is CCCC[C@H](NC(=O)c1ccc(CNC(=O)c2cccs2)cc1)C(=O)O. The number of amides is 2.